The Morgan fingerprint density at radius 3 is 2.88 bits per heavy atom. The first kappa shape index (κ1) is 11.9. The van der Waals surface area contributed by atoms with Gasteiger partial charge in [0, 0.05) is 37.5 Å². The maximum atomic E-state index is 5.91. The molecule has 17 heavy (non-hydrogen) atoms. The van der Waals surface area contributed by atoms with Gasteiger partial charge in [-0.2, -0.15) is 5.10 Å². The first-order valence-corrected chi connectivity index (χ1v) is 5.91. The van der Waals surface area contributed by atoms with Crippen LogP contribution in [0.2, 0.25) is 0 Å². The Balaban J connectivity index is 1.98. The fourth-order valence-corrected chi connectivity index (χ4v) is 1.78. The van der Waals surface area contributed by atoms with E-state index < -0.39 is 0 Å². The Labute approximate surface area is 101 Å². The lowest BCUT2D eigenvalue weighted by molar-refractivity contribution is 0.638. The van der Waals surface area contributed by atoms with Crippen molar-refractivity contribution in [2.24, 2.45) is 12.8 Å². The molecule has 5 heteroatoms. The lowest BCUT2D eigenvalue weighted by Crippen LogP contribution is -2.21. The minimum absolute atomic E-state index is 0.205. The quantitative estimate of drug-likeness (QED) is 0.836. The SMILES string of the molecule is CCC(N)Cc1cn(Cc2cnn(C)c2)cn1. The number of nitrogens with two attached hydrogens (primary N) is 1. The molecule has 2 aromatic rings. The largest absolute Gasteiger partial charge is 0.333 e. The zero-order chi connectivity index (χ0) is 12.3. The van der Waals surface area contributed by atoms with Crippen LogP contribution in [-0.4, -0.2) is 25.4 Å². The molecule has 2 N–H and O–H groups in total. The van der Waals surface area contributed by atoms with Gasteiger partial charge in [0.2, 0.25) is 0 Å². The summed E-state index contributed by atoms with van der Waals surface area (Å²) in [7, 11) is 1.92. The molecule has 0 radical (unpaired) electrons. The fraction of sp³-hybridized carbons (Fsp3) is 0.500. The Hall–Kier alpha value is -1.62. The average molecular weight is 233 g/mol. The summed E-state index contributed by atoms with van der Waals surface area (Å²) in [6.45, 7) is 2.90. The van der Waals surface area contributed by atoms with E-state index in [1.807, 2.05) is 25.8 Å². The molecule has 0 aromatic carbocycles. The molecule has 2 heterocycles. The van der Waals surface area contributed by atoms with E-state index in [0.717, 1.165) is 25.1 Å². The molecule has 1 unspecified atom stereocenters. The first-order valence-electron chi connectivity index (χ1n) is 5.91. The molecule has 2 aromatic heterocycles. The van der Waals surface area contributed by atoms with Crippen LogP contribution in [0.4, 0.5) is 0 Å². The summed E-state index contributed by atoms with van der Waals surface area (Å²) in [5.41, 5.74) is 8.14. The summed E-state index contributed by atoms with van der Waals surface area (Å²) in [5, 5.41) is 4.14. The summed E-state index contributed by atoms with van der Waals surface area (Å²) in [4.78, 5) is 4.36. The number of hydrogen-bond donors (Lipinski definition) is 1. The lowest BCUT2D eigenvalue weighted by atomic mass is 10.1. The standard InChI is InChI=1S/C12H19N5/c1-3-11(13)4-12-8-17(9-14-12)7-10-5-15-16(2)6-10/h5-6,8-9,11H,3-4,7,13H2,1-2H3. The molecule has 5 nitrogen and oxygen atoms in total. The second kappa shape index (κ2) is 5.14. The second-order valence-electron chi connectivity index (χ2n) is 4.43. The van der Waals surface area contributed by atoms with E-state index in [0.29, 0.717) is 0 Å². The van der Waals surface area contributed by atoms with E-state index >= 15 is 0 Å². The molecule has 0 saturated carbocycles. The van der Waals surface area contributed by atoms with Crippen LogP contribution in [0.5, 0.6) is 0 Å². The fourth-order valence-electron chi connectivity index (χ4n) is 1.78. The summed E-state index contributed by atoms with van der Waals surface area (Å²) >= 11 is 0. The van der Waals surface area contributed by atoms with Crippen LogP contribution in [0.15, 0.2) is 24.9 Å². The third-order valence-electron chi connectivity index (χ3n) is 2.81. The molecule has 0 aliphatic heterocycles. The van der Waals surface area contributed by atoms with Crippen LogP contribution in [0.3, 0.4) is 0 Å². The summed E-state index contributed by atoms with van der Waals surface area (Å²) in [6.07, 6.45) is 9.62. The van der Waals surface area contributed by atoms with Gasteiger partial charge in [0.05, 0.1) is 24.8 Å². The maximum absolute atomic E-state index is 5.91. The van der Waals surface area contributed by atoms with E-state index in [9.17, 15) is 0 Å². The molecule has 0 spiro atoms. The van der Waals surface area contributed by atoms with E-state index in [2.05, 4.69) is 27.8 Å². The molecular weight excluding hydrogens is 214 g/mol. The molecular formula is C12H19N5. The van der Waals surface area contributed by atoms with Gasteiger partial charge in [-0.1, -0.05) is 6.92 Å². The molecule has 0 aliphatic rings. The van der Waals surface area contributed by atoms with Gasteiger partial charge in [0.15, 0.2) is 0 Å². The van der Waals surface area contributed by atoms with Crippen molar-refractivity contribution in [2.45, 2.75) is 32.4 Å². The molecule has 2 rings (SSSR count). The van der Waals surface area contributed by atoms with E-state index in [4.69, 9.17) is 5.73 Å². The van der Waals surface area contributed by atoms with Crippen molar-refractivity contribution >= 4 is 0 Å². The van der Waals surface area contributed by atoms with Crippen LogP contribution in [0.1, 0.15) is 24.6 Å². The maximum Gasteiger partial charge on any atom is 0.0952 e. The van der Waals surface area contributed by atoms with Crippen molar-refractivity contribution in [1.82, 2.24) is 19.3 Å². The predicted octanol–water partition coefficient (Wildman–Crippen LogP) is 0.945. The monoisotopic (exact) mass is 233 g/mol. The number of imidazole rings is 1. The molecule has 0 saturated heterocycles. The number of rotatable bonds is 5. The Bertz CT molecular complexity index is 471. The minimum atomic E-state index is 0.205. The predicted molar refractivity (Wildman–Crippen MR) is 66.5 cm³/mol. The third kappa shape index (κ3) is 3.17. The van der Waals surface area contributed by atoms with Gasteiger partial charge in [0.1, 0.15) is 0 Å². The third-order valence-corrected chi connectivity index (χ3v) is 2.81. The van der Waals surface area contributed by atoms with Crippen LogP contribution in [-0.2, 0) is 20.0 Å². The van der Waals surface area contributed by atoms with Crippen molar-refractivity contribution < 1.29 is 0 Å². The van der Waals surface area contributed by atoms with Crippen molar-refractivity contribution in [3.63, 3.8) is 0 Å². The molecule has 0 aliphatic carbocycles. The van der Waals surface area contributed by atoms with Gasteiger partial charge >= 0.3 is 0 Å². The van der Waals surface area contributed by atoms with E-state index in [1.165, 1.54) is 5.56 Å². The molecule has 92 valence electrons. The summed E-state index contributed by atoms with van der Waals surface area (Å²) in [5.74, 6) is 0. The van der Waals surface area contributed by atoms with Crippen molar-refractivity contribution in [2.75, 3.05) is 0 Å². The van der Waals surface area contributed by atoms with Gasteiger partial charge in [-0.15, -0.1) is 0 Å². The molecule has 1 atom stereocenters. The Morgan fingerprint density at radius 1 is 1.41 bits per heavy atom. The van der Waals surface area contributed by atoms with E-state index in [-0.39, 0.29) is 6.04 Å². The Kier molecular flexibility index (Phi) is 3.58. The summed E-state index contributed by atoms with van der Waals surface area (Å²) < 4.78 is 3.87. The van der Waals surface area contributed by atoms with Gasteiger partial charge in [-0.3, -0.25) is 4.68 Å². The Morgan fingerprint density at radius 2 is 2.24 bits per heavy atom. The van der Waals surface area contributed by atoms with Crippen LogP contribution in [0, 0.1) is 0 Å². The van der Waals surface area contributed by atoms with Gasteiger partial charge < -0.3 is 10.3 Å². The van der Waals surface area contributed by atoms with Crippen molar-refractivity contribution in [3.05, 3.63) is 36.2 Å². The number of aryl methyl sites for hydroxylation is 1. The number of nitrogens with zero attached hydrogens (tertiary/aromatic N) is 4. The highest BCUT2D eigenvalue weighted by Crippen LogP contribution is 2.05. The van der Waals surface area contributed by atoms with Gasteiger partial charge in [-0.05, 0) is 6.42 Å². The average Bonchev–Trinajstić information content (AvgIpc) is 2.89. The zero-order valence-corrected chi connectivity index (χ0v) is 10.4. The van der Waals surface area contributed by atoms with Crippen molar-refractivity contribution in [3.8, 4) is 0 Å². The van der Waals surface area contributed by atoms with Crippen LogP contribution in [0.25, 0.3) is 0 Å². The molecule has 0 fully saturated rings. The van der Waals surface area contributed by atoms with E-state index in [1.54, 1.807) is 4.68 Å². The zero-order valence-electron chi connectivity index (χ0n) is 10.4. The molecule has 0 bridgehead atoms. The smallest absolute Gasteiger partial charge is 0.0952 e. The summed E-state index contributed by atoms with van der Waals surface area (Å²) in [6, 6.07) is 0.205. The van der Waals surface area contributed by atoms with Gasteiger partial charge in [-0.25, -0.2) is 4.98 Å². The highest BCUT2D eigenvalue weighted by Gasteiger charge is 2.05. The number of aromatic nitrogens is 4. The lowest BCUT2D eigenvalue weighted by Gasteiger charge is -2.04. The topological polar surface area (TPSA) is 61.7 Å². The first-order chi connectivity index (χ1) is 8.17. The number of hydrogen-bond acceptors (Lipinski definition) is 3. The highest BCUT2D eigenvalue weighted by atomic mass is 15.2. The minimum Gasteiger partial charge on any atom is -0.333 e. The second-order valence-corrected chi connectivity index (χ2v) is 4.43. The van der Waals surface area contributed by atoms with Gasteiger partial charge in [0.25, 0.3) is 0 Å². The van der Waals surface area contributed by atoms with Crippen molar-refractivity contribution in [1.29, 1.82) is 0 Å². The normalized spacial score (nSPS) is 12.9. The van der Waals surface area contributed by atoms with Crippen LogP contribution >= 0.6 is 0 Å². The molecule has 0 amide bonds. The van der Waals surface area contributed by atoms with Crippen LogP contribution < -0.4 is 5.73 Å². The highest BCUT2D eigenvalue weighted by molar-refractivity contribution is 5.07.